The average Bonchev–Trinajstić information content (AvgIpc) is 3.01. The van der Waals surface area contributed by atoms with Crippen LogP contribution < -0.4 is 5.73 Å². The van der Waals surface area contributed by atoms with Crippen LogP contribution >= 0.6 is 0 Å². The number of hydrogen-bond acceptors (Lipinski definition) is 3. The molecule has 0 aromatic carbocycles. The molecule has 1 saturated heterocycles. The predicted molar refractivity (Wildman–Crippen MR) is 74.3 cm³/mol. The highest BCUT2D eigenvalue weighted by Gasteiger charge is 2.29. The van der Waals surface area contributed by atoms with Crippen LogP contribution in [0, 0.1) is 5.92 Å². The van der Waals surface area contributed by atoms with Gasteiger partial charge in [-0.3, -0.25) is 4.90 Å². The Bertz CT molecular complexity index is 360. The first-order valence-electron chi connectivity index (χ1n) is 7.24. The molecule has 2 N–H and O–H groups in total. The molecule has 0 saturated carbocycles. The molecule has 2 heterocycles. The SMILES string of the molecule is CCCn1cncc1C(CN)N1CCC(CC)C1. The molecule has 2 unspecified atom stereocenters. The molecule has 2 rings (SSSR count). The molecule has 0 spiro atoms. The van der Waals surface area contributed by atoms with Crippen molar-refractivity contribution in [1.29, 1.82) is 0 Å². The maximum absolute atomic E-state index is 6.01. The molecule has 0 amide bonds. The van der Waals surface area contributed by atoms with Crippen LogP contribution in [0.25, 0.3) is 0 Å². The maximum atomic E-state index is 6.01. The van der Waals surface area contributed by atoms with Crippen LogP contribution in [0.1, 0.15) is 44.8 Å². The standard InChI is InChI=1S/C14H26N4/c1-3-6-18-11-16-9-14(18)13(8-15)17-7-5-12(4-2)10-17/h9,11-13H,3-8,10,15H2,1-2H3. The zero-order chi connectivity index (χ0) is 13.0. The van der Waals surface area contributed by atoms with Gasteiger partial charge in [0.1, 0.15) is 0 Å². The van der Waals surface area contributed by atoms with Gasteiger partial charge < -0.3 is 10.3 Å². The second-order valence-corrected chi connectivity index (χ2v) is 5.32. The van der Waals surface area contributed by atoms with E-state index in [4.69, 9.17) is 5.73 Å². The van der Waals surface area contributed by atoms with E-state index in [0.29, 0.717) is 12.6 Å². The molecular weight excluding hydrogens is 224 g/mol. The summed E-state index contributed by atoms with van der Waals surface area (Å²) >= 11 is 0. The minimum Gasteiger partial charge on any atom is -0.333 e. The van der Waals surface area contributed by atoms with Gasteiger partial charge in [0.25, 0.3) is 0 Å². The van der Waals surface area contributed by atoms with E-state index in [-0.39, 0.29) is 0 Å². The molecule has 0 bridgehead atoms. The van der Waals surface area contributed by atoms with Crippen molar-refractivity contribution < 1.29 is 0 Å². The van der Waals surface area contributed by atoms with Crippen LogP contribution in [0.4, 0.5) is 0 Å². The van der Waals surface area contributed by atoms with Crippen molar-refractivity contribution >= 4 is 0 Å². The highest BCUT2D eigenvalue weighted by atomic mass is 15.2. The first kappa shape index (κ1) is 13.6. The highest BCUT2D eigenvalue weighted by Crippen LogP contribution is 2.28. The number of aromatic nitrogens is 2. The van der Waals surface area contributed by atoms with Crippen LogP contribution in [-0.2, 0) is 6.54 Å². The van der Waals surface area contributed by atoms with Crippen molar-refractivity contribution in [2.24, 2.45) is 11.7 Å². The van der Waals surface area contributed by atoms with Gasteiger partial charge in [0.05, 0.1) is 18.1 Å². The van der Waals surface area contributed by atoms with E-state index < -0.39 is 0 Å². The number of nitrogens with zero attached hydrogens (tertiary/aromatic N) is 3. The molecule has 1 aromatic heterocycles. The van der Waals surface area contributed by atoms with Gasteiger partial charge in [-0.1, -0.05) is 20.3 Å². The summed E-state index contributed by atoms with van der Waals surface area (Å²) < 4.78 is 2.26. The summed E-state index contributed by atoms with van der Waals surface area (Å²) in [5.74, 6) is 0.849. The van der Waals surface area contributed by atoms with Crippen molar-refractivity contribution in [3.8, 4) is 0 Å². The third kappa shape index (κ3) is 2.75. The van der Waals surface area contributed by atoms with Crippen LogP contribution in [0.3, 0.4) is 0 Å². The number of aryl methyl sites for hydroxylation is 1. The van der Waals surface area contributed by atoms with Gasteiger partial charge in [0.2, 0.25) is 0 Å². The fourth-order valence-corrected chi connectivity index (χ4v) is 2.97. The van der Waals surface area contributed by atoms with Crippen LogP contribution in [0.2, 0.25) is 0 Å². The summed E-state index contributed by atoms with van der Waals surface area (Å²) in [4.78, 5) is 6.84. The first-order valence-corrected chi connectivity index (χ1v) is 7.24. The van der Waals surface area contributed by atoms with Crippen molar-refractivity contribution in [3.63, 3.8) is 0 Å². The molecule has 1 aromatic rings. The second kappa shape index (κ2) is 6.34. The van der Waals surface area contributed by atoms with Gasteiger partial charge in [-0.25, -0.2) is 4.98 Å². The Morgan fingerprint density at radius 2 is 2.33 bits per heavy atom. The summed E-state index contributed by atoms with van der Waals surface area (Å²) in [6.45, 7) is 8.58. The van der Waals surface area contributed by atoms with E-state index in [0.717, 1.165) is 18.9 Å². The lowest BCUT2D eigenvalue weighted by atomic mass is 10.1. The monoisotopic (exact) mass is 250 g/mol. The topological polar surface area (TPSA) is 47.1 Å². The molecule has 4 heteroatoms. The Labute approximate surface area is 110 Å². The lowest BCUT2D eigenvalue weighted by Crippen LogP contribution is -2.33. The normalized spacial score (nSPS) is 22.5. The number of hydrogen-bond donors (Lipinski definition) is 1. The molecule has 1 aliphatic rings. The smallest absolute Gasteiger partial charge is 0.0948 e. The Morgan fingerprint density at radius 3 is 2.94 bits per heavy atom. The molecule has 4 nitrogen and oxygen atoms in total. The van der Waals surface area contributed by atoms with E-state index in [1.165, 1.54) is 31.6 Å². The average molecular weight is 250 g/mol. The number of likely N-dealkylation sites (tertiary alicyclic amines) is 1. The zero-order valence-corrected chi connectivity index (χ0v) is 11.7. The van der Waals surface area contributed by atoms with E-state index in [9.17, 15) is 0 Å². The highest BCUT2D eigenvalue weighted by molar-refractivity contribution is 5.07. The number of rotatable bonds is 6. The summed E-state index contributed by atoms with van der Waals surface area (Å²) in [6, 6.07) is 0.343. The molecule has 1 aliphatic heterocycles. The molecule has 102 valence electrons. The maximum Gasteiger partial charge on any atom is 0.0948 e. The first-order chi connectivity index (χ1) is 8.80. The quantitative estimate of drug-likeness (QED) is 0.840. The van der Waals surface area contributed by atoms with Crippen LogP contribution in [-0.4, -0.2) is 34.1 Å². The van der Waals surface area contributed by atoms with Crippen molar-refractivity contribution in [2.45, 2.75) is 45.7 Å². The van der Waals surface area contributed by atoms with E-state index >= 15 is 0 Å². The summed E-state index contributed by atoms with van der Waals surface area (Å²) in [6.07, 6.45) is 7.66. The number of imidazole rings is 1. The van der Waals surface area contributed by atoms with Crippen LogP contribution in [0.5, 0.6) is 0 Å². The largest absolute Gasteiger partial charge is 0.333 e. The lowest BCUT2D eigenvalue weighted by molar-refractivity contribution is 0.231. The summed E-state index contributed by atoms with van der Waals surface area (Å²) in [5.41, 5.74) is 7.30. The minimum atomic E-state index is 0.343. The third-order valence-electron chi connectivity index (χ3n) is 4.11. The fraction of sp³-hybridized carbons (Fsp3) is 0.786. The number of nitrogens with two attached hydrogens (primary N) is 1. The lowest BCUT2D eigenvalue weighted by Gasteiger charge is -2.27. The van der Waals surface area contributed by atoms with Crippen molar-refractivity contribution in [3.05, 3.63) is 18.2 Å². The van der Waals surface area contributed by atoms with Crippen molar-refractivity contribution in [2.75, 3.05) is 19.6 Å². The van der Waals surface area contributed by atoms with Gasteiger partial charge in [0, 0.05) is 25.8 Å². The minimum absolute atomic E-state index is 0.343. The van der Waals surface area contributed by atoms with Gasteiger partial charge in [-0.2, -0.15) is 0 Å². The van der Waals surface area contributed by atoms with Gasteiger partial charge >= 0.3 is 0 Å². The summed E-state index contributed by atoms with van der Waals surface area (Å²) in [5, 5.41) is 0. The predicted octanol–water partition coefficient (Wildman–Crippen LogP) is 2.02. The second-order valence-electron chi connectivity index (χ2n) is 5.32. The molecule has 18 heavy (non-hydrogen) atoms. The third-order valence-corrected chi connectivity index (χ3v) is 4.11. The van der Waals surface area contributed by atoms with Crippen molar-refractivity contribution in [1.82, 2.24) is 14.5 Å². The Balaban J connectivity index is 2.10. The molecule has 0 aliphatic carbocycles. The van der Waals surface area contributed by atoms with E-state index in [2.05, 4.69) is 28.3 Å². The van der Waals surface area contributed by atoms with Gasteiger partial charge in [-0.15, -0.1) is 0 Å². The Morgan fingerprint density at radius 1 is 1.50 bits per heavy atom. The Hall–Kier alpha value is -0.870. The summed E-state index contributed by atoms with van der Waals surface area (Å²) in [7, 11) is 0. The zero-order valence-electron chi connectivity index (χ0n) is 11.7. The Kier molecular flexibility index (Phi) is 4.78. The molecule has 0 radical (unpaired) electrons. The van der Waals surface area contributed by atoms with Gasteiger partial charge in [-0.05, 0) is 25.3 Å². The molecule has 2 atom stereocenters. The van der Waals surface area contributed by atoms with Crippen LogP contribution in [0.15, 0.2) is 12.5 Å². The van der Waals surface area contributed by atoms with Gasteiger partial charge in [0.15, 0.2) is 0 Å². The fourth-order valence-electron chi connectivity index (χ4n) is 2.97. The van der Waals surface area contributed by atoms with E-state index in [1.807, 2.05) is 12.5 Å². The molecule has 1 fully saturated rings. The molecular formula is C14H26N4. The van der Waals surface area contributed by atoms with E-state index in [1.54, 1.807) is 0 Å².